The van der Waals surface area contributed by atoms with E-state index in [4.69, 9.17) is 4.74 Å². The van der Waals surface area contributed by atoms with Crippen LogP contribution < -0.4 is 0 Å². The van der Waals surface area contributed by atoms with Crippen LogP contribution in [0.5, 0.6) is 0 Å². The van der Waals surface area contributed by atoms with E-state index in [2.05, 4.69) is 0 Å². The number of nitro groups is 1. The average Bonchev–Trinajstić information content (AvgIpc) is 3.00. The minimum atomic E-state index is -1.37. The zero-order valence-electron chi connectivity index (χ0n) is 17.2. The van der Waals surface area contributed by atoms with Crippen molar-refractivity contribution in [3.05, 3.63) is 75.1 Å². The van der Waals surface area contributed by atoms with Crippen LogP contribution in [-0.4, -0.2) is 46.0 Å². The van der Waals surface area contributed by atoms with E-state index in [1.807, 2.05) is 0 Å². The van der Waals surface area contributed by atoms with Crippen molar-refractivity contribution >= 4 is 29.3 Å². The van der Waals surface area contributed by atoms with Gasteiger partial charge < -0.3 is 4.74 Å². The molecule has 2 aromatic rings. The number of hydrogen-bond donors (Lipinski definition) is 0. The van der Waals surface area contributed by atoms with Gasteiger partial charge in [0.1, 0.15) is 17.4 Å². The Morgan fingerprint density at radius 1 is 1.09 bits per heavy atom. The maximum absolute atomic E-state index is 13.0. The zero-order valence-corrected chi connectivity index (χ0v) is 17.2. The highest BCUT2D eigenvalue weighted by Crippen LogP contribution is 2.33. The molecule has 32 heavy (non-hydrogen) atoms. The van der Waals surface area contributed by atoms with Gasteiger partial charge in [-0.3, -0.25) is 29.4 Å². The first-order valence-corrected chi connectivity index (χ1v) is 9.72. The Labute approximate surface area is 181 Å². The van der Waals surface area contributed by atoms with Gasteiger partial charge in [0, 0.05) is 11.6 Å². The van der Waals surface area contributed by atoms with E-state index in [1.165, 1.54) is 24.3 Å². The molecule has 1 atom stereocenters. The van der Waals surface area contributed by atoms with Crippen LogP contribution in [-0.2, 0) is 9.53 Å². The number of amides is 2. The van der Waals surface area contributed by atoms with Crippen molar-refractivity contribution in [3.8, 4) is 0 Å². The fourth-order valence-corrected chi connectivity index (χ4v) is 3.43. The number of carbonyl (C=O) groups excluding carboxylic acids is 4. The van der Waals surface area contributed by atoms with E-state index in [-0.39, 0.29) is 29.0 Å². The molecule has 3 rings (SSSR count). The number of halogens is 1. The number of Topliss-reactive ketones (excluding diaryl/α,β-unsaturated/α-hetero) is 1. The number of imide groups is 1. The number of hydrogen-bond acceptors (Lipinski definition) is 7. The van der Waals surface area contributed by atoms with Crippen LogP contribution in [0.4, 0.5) is 10.1 Å². The third kappa shape index (κ3) is 4.39. The van der Waals surface area contributed by atoms with E-state index < -0.39 is 52.6 Å². The molecular formula is C22H19FN2O7. The predicted molar refractivity (Wildman–Crippen MR) is 109 cm³/mol. The second-order valence-corrected chi connectivity index (χ2v) is 7.62. The highest BCUT2D eigenvalue weighted by Gasteiger charge is 2.47. The van der Waals surface area contributed by atoms with Crippen molar-refractivity contribution < 1.29 is 33.2 Å². The molecule has 0 saturated carbocycles. The van der Waals surface area contributed by atoms with Crippen LogP contribution in [0.1, 0.15) is 51.3 Å². The normalized spacial score (nSPS) is 13.8. The topological polar surface area (TPSA) is 124 Å². The maximum Gasteiger partial charge on any atom is 0.329 e. The van der Waals surface area contributed by atoms with E-state index in [1.54, 1.807) is 13.8 Å². The fourth-order valence-electron chi connectivity index (χ4n) is 3.43. The van der Waals surface area contributed by atoms with Crippen molar-refractivity contribution in [2.24, 2.45) is 5.92 Å². The minimum absolute atomic E-state index is 0.0306. The van der Waals surface area contributed by atoms with Crippen molar-refractivity contribution in [2.75, 3.05) is 6.61 Å². The molecule has 10 heteroatoms. The number of nitro benzene ring substituents is 1. The van der Waals surface area contributed by atoms with Crippen LogP contribution in [0.2, 0.25) is 0 Å². The number of ketones is 1. The fraction of sp³-hybridized carbons (Fsp3) is 0.273. The standard InChI is InChI=1S/C22H19FN2O7/c1-12(2)10-17(22(29)32-11-18(26)13-6-8-14(23)9-7-13)24-20(27)15-4-3-5-16(25(30)31)19(15)21(24)28/h3-9,12,17H,10-11H2,1-2H3/t17-/m1/s1. The number of nitrogens with zero attached hydrogens (tertiary/aromatic N) is 2. The predicted octanol–water partition coefficient (Wildman–Crippen LogP) is 3.17. The van der Waals surface area contributed by atoms with Crippen molar-refractivity contribution in [1.29, 1.82) is 0 Å². The van der Waals surface area contributed by atoms with E-state index in [0.29, 0.717) is 4.90 Å². The van der Waals surface area contributed by atoms with Gasteiger partial charge in [-0.05, 0) is 42.7 Å². The van der Waals surface area contributed by atoms with Crippen LogP contribution >= 0.6 is 0 Å². The molecule has 2 amide bonds. The van der Waals surface area contributed by atoms with Crippen LogP contribution in [0, 0.1) is 21.8 Å². The molecule has 1 aliphatic rings. The molecule has 9 nitrogen and oxygen atoms in total. The van der Waals surface area contributed by atoms with Gasteiger partial charge in [-0.1, -0.05) is 19.9 Å². The first-order chi connectivity index (χ1) is 15.1. The summed E-state index contributed by atoms with van der Waals surface area (Å²) >= 11 is 0. The van der Waals surface area contributed by atoms with E-state index >= 15 is 0 Å². The Morgan fingerprint density at radius 3 is 2.34 bits per heavy atom. The number of esters is 1. The molecule has 0 radical (unpaired) electrons. The lowest BCUT2D eigenvalue weighted by atomic mass is 10.0. The number of fused-ring (bicyclic) bond motifs is 1. The third-order valence-corrected chi connectivity index (χ3v) is 4.91. The lowest BCUT2D eigenvalue weighted by Crippen LogP contribution is -2.46. The number of carbonyl (C=O) groups is 4. The molecule has 0 fully saturated rings. The summed E-state index contributed by atoms with van der Waals surface area (Å²) < 4.78 is 18.1. The first kappa shape index (κ1) is 22.7. The molecule has 1 heterocycles. The van der Waals surface area contributed by atoms with Gasteiger partial charge in [0.05, 0.1) is 10.5 Å². The highest BCUT2D eigenvalue weighted by molar-refractivity contribution is 6.24. The first-order valence-electron chi connectivity index (χ1n) is 9.72. The van der Waals surface area contributed by atoms with Crippen LogP contribution in [0.3, 0.4) is 0 Å². The van der Waals surface area contributed by atoms with Gasteiger partial charge >= 0.3 is 5.97 Å². The van der Waals surface area contributed by atoms with Crippen LogP contribution in [0.25, 0.3) is 0 Å². The summed E-state index contributed by atoms with van der Waals surface area (Å²) in [6.07, 6.45) is 0.0306. The largest absolute Gasteiger partial charge is 0.456 e. The highest BCUT2D eigenvalue weighted by atomic mass is 19.1. The summed E-state index contributed by atoms with van der Waals surface area (Å²) in [5.41, 5.74) is -0.970. The van der Waals surface area contributed by atoms with Gasteiger partial charge in [0.15, 0.2) is 12.4 Å². The SMILES string of the molecule is CC(C)C[C@H](C(=O)OCC(=O)c1ccc(F)cc1)N1C(=O)c2cccc([N+](=O)[O-])c2C1=O. The van der Waals surface area contributed by atoms with Gasteiger partial charge in [-0.25, -0.2) is 9.18 Å². The van der Waals surface area contributed by atoms with Crippen molar-refractivity contribution in [1.82, 2.24) is 4.90 Å². The van der Waals surface area contributed by atoms with Gasteiger partial charge in [-0.2, -0.15) is 0 Å². The quantitative estimate of drug-likeness (QED) is 0.202. The molecule has 0 bridgehead atoms. The zero-order chi connectivity index (χ0) is 23.6. The summed E-state index contributed by atoms with van der Waals surface area (Å²) in [6.45, 7) is 2.83. The average molecular weight is 442 g/mol. The molecule has 0 aromatic heterocycles. The summed E-state index contributed by atoms with van der Waals surface area (Å²) in [4.78, 5) is 62.0. The second-order valence-electron chi connectivity index (χ2n) is 7.62. The summed E-state index contributed by atoms with van der Waals surface area (Å²) in [5, 5.41) is 11.3. The second kappa shape index (κ2) is 9.04. The lowest BCUT2D eigenvalue weighted by molar-refractivity contribution is -0.385. The molecule has 0 aliphatic carbocycles. The van der Waals surface area contributed by atoms with Gasteiger partial charge in [0.2, 0.25) is 0 Å². The molecule has 0 N–H and O–H groups in total. The van der Waals surface area contributed by atoms with E-state index in [9.17, 15) is 33.7 Å². The maximum atomic E-state index is 13.0. The number of ether oxygens (including phenoxy) is 1. The summed E-state index contributed by atoms with van der Waals surface area (Å²) in [7, 11) is 0. The smallest absolute Gasteiger partial charge is 0.329 e. The van der Waals surface area contributed by atoms with Crippen LogP contribution in [0.15, 0.2) is 42.5 Å². The molecule has 0 unspecified atom stereocenters. The molecular weight excluding hydrogens is 423 g/mol. The number of benzene rings is 2. The molecule has 2 aromatic carbocycles. The molecule has 166 valence electrons. The Morgan fingerprint density at radius 2 is 1.75 bits per heavy atom. The third-order valence-electron chi connectivity index (χ3n) is 4.91. The van der Waals surface area contributed by atoms with Gasteiger partial charge in [0.25, 0.3) is 17.5 Å². The summed E-state index contributed by atoms with van der Waals surface area (Å²) in [5.74, 6) is -4.09. The Hall–Kier alpha value is -3.95. The minimum Gasteiger partial charge on any atom is -0.456 e. The monoisotopic (exact) mass is 442 g/mol. The lowest BCUT2D eigenvalue weighted by Gasteiger charge is -2.25. The van der Waals surface area contributed by atoms with Crippen molar-refractivity contribution in [2.45, 2.75) is 26.3 Å². The summed E-state index contributed by atoms with van der Waals surface area (Å²) in [6, 6.07) is 6.93. The molecule has 0 spiro atoms. The number of rotatable bonds is 8. The van der Waals surface area contributed by atoms with Gasteiger partial charge in [-0.15, -0.1) is 0 Å². The van der Waals surface area contributed by atoms with E-state index in [0.717, 1.165) is 18.2 Å². The Bertz CT molecular complexity index is 1110. The Balaban J connectivity index is 1.84. The Kier molecular flexibility index (Phi) is 6.42. The van der Waals surface area contributed by atoms with Crippen molar-refractivity contribution in [3.63, 3.8) is 0 Å². The molecule has 0 saturated heterocycles. The molecule has 1 aliphatic heterocycles.